The normalized spacial score (nSPS) is 11.3. The Labute approximate surface area is 127 Å². The van der Waals surface area contributed by atoms with Gasteiger partial charge in [0.15, 0.2) is 0 Å². The van der Waals surface area contributed by atoms with Gasteiger partial charge in [-0.05, 0) is 30.7 Å². The summed E-state index contributed by atoms with van der Waals surface area (Å²) in [4.78, 5) is 0. The van der Waals surface area contributed by atoms with Crippen molar-refractivity contribution in [2.24, 2.45) is 13.0 Å². The molecular weight excluding hydrogens is 321 g/mol. The Bertz CT molecular complexity index is 593. The third-order valence-corrected chi connectivity index (χ3v) is 3.45. The van der Waals surface area contributed by atoms with Gasteiger partial charge in [0.05, 0.1) is 5.69 Å². The minimum absolute atomic E-state index is 0.261. The number of benzene rings is 1. The van der Waals surface area contributed by atoms with Crippen LogP contribution < -0.4 is 5.32 Å². The topological polar surface area (TPSA) is 29.9 Å². The van der Waals surface area contributed by atoms with E-state index in [1.165, 1.54) is 6.07 Å². The van der Waals surface area contributed by atoms with Crippen LogP contribution in [0.25, 0.3) is 11.3 Å². The molecule has 0 aliphatic heterocycles. The zero-order valence-electron chi connectivity index (χ0n) is 12.0. The van der Waals surface area contributed by atoms with Crippen LogP contribution in [0.1, 0.15) is 19.4 Å². The molecule has 0 fully saturated rings. The van der Waals surface area contributed by atoms with Gasteiger partial charge in [0.1, 0.15) is 5.82 Å². The highest BCUT2D eigenvalue weighted by molar-refractivity contribution is 9.10. The highest BCUT2D eigenvalue weighted by Crippen LogP contribution is 2.27. The Kier molecular flexibility index (Phi) is 4.94. The molecule has 108 valence electrons. The maximum atomic E-state index is 14.1. The summed E-state index contributed by atoms with van der Waals surface area (Å²) in [7, 11) is 1.85. The van der Waals surface area contributed by atoms with Gasteiger partial charge in [0, 0.05) is 35.4 Å². The number of aromatic nitrogens is 2. The van der Waals surface area contributed by atoms with Gasteiger partial charge in [-0.15, -0.1) is 0 Å². The Morgan fingerprint density at radius 1 is 1.40 bits per heavy atom. The minimum atomic E-state index is -0.261. The first-order valence-electron chi connectivity index (χ1n) is 6.66. The van der Waals surface area contributed by atoms with E-state index in [0.29, 0.717) is 23.7 Å². The lowest BCUT2D eigenvalue weighted by Gasteiger charge is -2.08. The van der Waals surface area contributed by atoms with E-state index in [0.717, 1.165) is 16.6 Å². The third kappa shape index (κ3) is 3.67. The number of hydrogen-bond donors (Lipinski definition) is 1. The first kappa shape index (κ1) is 15.2. The van der Waals surface area contributed by atoms with Crippen molar-refractivity contribution in [3.63, 3.8) is 0 Å². The second kappa shape index (κ2) is 6.50. The first-order chi connectivity index (χ1) is 9.47. The summed E-state index contributed by atoms with van der Waals surface area (Å²) in [6.45, 7) is 5.94. The van der Waals surface area contributed by atoms with Gasteiger partial charge in [-0.3, -0.25) is 4.68 Å². The van der Waals surface area contributed by atoms with E-state index >= 15 is 0 Å². The molecule has 0 spiro atoms. The van der Waals surface area contributed by atoms with E-state index in [-0.39, 0.29) is 5.82 Å². The zero-order valence-corrected chi connectivity index (χ0v) is 13.5. The summed E-state index contributed by atoms with van der Waals surface area (Å²) in [5.74, 6) is 0.322. The molecule has 0 radical (unpaired) electrons. The molecule has 0 aliphatic rings. The quantitative estimate of drug-likeness (QED) is 0.899. The Hall–Kier alpha value is -1.20. The van der Waals surface area contributed by atoms with Crippen molar-refractivity contribution < 1.29 is 4.39 Å². The van der Waals surface area contributed by atoms with Gasteiger partial charge in [-0.1, -0.05) is 29.8 Å². The smallest absolute Gasteiger partial charge is 0.133 e. The lowest BCUT2D eigenvalue weighted by atomic mass is 10.1. The van der Waals surface area contributed by atoms with Gasteiger partial charge in [-0.2, -0.15) is 5.10 Å². The fourth-order valence-electron chi connectivity index (χ4n) is 2.07. The standard InChI is InChI=1S/C15H19BrFN3/c1-10(2)7-18-8-11-9-20(3)19-15(11)13-5-4-12(16)6-14(13)17/h4-6,9-10,18H,7-8H2,1-3H3. The maximum absolute atomic E-state index is 14.1. The molecule has 3 nitrogen and oxygen atoms in total. The molecule has 0 saturated carbocycles. The number of rotatable bonds is 5. The van der Waals surface area contributed by atoms with Crippen molar-refractivity contribution in [3.05, 3.63) is 40.2 Å². The number of nitrogens with one attached hydrogen (secondary N) is 1. The predicted molar refractivity (Wildman–Crippen MR) is 82.8 cm³/mol. The average molecular weight is 340 g/mol. The lowest BCUT2D eigenvalue weighted by molar-refractivity contribution is 0.552. The Morgan fingerprint density at radius 3 is 2.80 bits per heavy atom. The van der Waals surface area contributed by atoms with Gasteiger partial charge >= 0.3 is 0 Å². The molecule has 5 heteroatoms. The van der Waals surface area contributed by atoms with Gasteiger partial charge in [0.2, 0.25) is 0 Å². The predicted octanol–water partition coefficient (Wildman–Crippen LogP) is 3.73. The van der Waals surface area contributed by atoms with Gasteiger partial charge in [-0.25, -0.2) is 4.39 Å². The number of hydrogen-bond acceptors (Lipinski definition) is 2. The van der Waals surface area contributed by atoms with Gasteiger partial charge in [0.25, 0.3) is 0 Å². The van der Waals surface area contributed by atoms with Crippen molar-refractivity contribution >= 4 is 15.9 Å². The van der Waals surface area contributed by atoms with E-state index < -0.39 is 0 Å². The van der Waals surface area contributed by atoms with Crippen molar-refractivity contribution in [1.82, 2.24) is 15.1 Å². The largest absolute Gasteiger partial charge is 0.312 e. The van der Waals surface area contributed by atoms with Crippen LogP contribution in [0, 0.1) is 11.7 Å². The van der Waals surface area contributed by atoms with Crippen LogP contribution in [0.4, 0.5) is 4.39 Å². The summed E-state index contributed by atoms with van der Waals surface area (Å²) < 4.78 is 16.5. The Balaban J connectivity index is 2.27. The van der Waals surface area contributed by atoms with Crippen molar-refractivity contribution in [2.45, 2.75) is 20.4 Å². The highest BCUT2D eigenvalue weighted by Gasteiger charge is 2.14. The molecule has 0 bridgehead atoms. The van der Waals surface area contributed by atoms with Crippen LogP contribution in [-0.2, 0) is 13.6 Å². The number of halogens is 2. The molecule has 0 saturated heterocycles. The van der Waals surface area contributed by atoms with E-state index in [9.17, 15) is 4.39 Å². The van der Waals surface area contributed by atoms with Crippen molar-refractivity contribution in [2.75, 3.05) is 6.54 Å². The highest BCUT2D eigenvalue weighted by atomic mass is 79.9. The molecular formula is C15H19BrFN3. The molecule has 0 aliphatic carbocycles. The second-order valence-corrected chi connectivity index (χ2v) is 6.24. The van der Waals surface area contributed by atoms with Gasteiger partial charge < -0.3 is 5.32 Å². The summed E-state index contributed by atoms with van der Waals surface area (Å²) in [5, 5.41) is 7.76. The van der Waals surface area contributed by atoms with Crippen molar-refractivity contribution in [1.29, 1.82) is 0 Å². The summed E-state index contributed by atoms with van der Waals surface area (Å²) >= 11 is 3.27. The summed E-state index contributed by atoms with van der Waals surface area (Å²) in [5.41, 5.74) is 2.25. The monoisotopic (exact) mass is 339 g/mol. The third-order valence-electron chi connectivity index (χ3n) is 2.96. The van der Waals surface area contributed by atoms with Crippen LogP contribution in [0.15, 0.2) is 28.9 Å². The lowest BCUT2D eigenvalue weighted by Crippen LogP contribution is -2.19. The van der Waals surface area contributed by atoms with Crippen LogP contribution in [-0.4, -0.2) is 16.3 Å². The maximum Gasteiger partial charge on any atom is 0.133 e. The van der Waals surface area contributed by atoms with Crippen LogP contribution in [0.2, 0.25) is 0 Å². The van der Waals surface area contributed by atoms with Crippen LogP contribution >= 0.6 is 15.9 Å². The Morgan fingerprint density at radius 2 is 2.15 bits per heavy atom. The van der Waals surface area contributed by atoms with Crippen LogP contribution in [0.3, 0.4) is 0 Å². The number of aryl methyl sites for hydroxylation is 1. The van der Waals surface area contributed by atoms with E-state index in [1.807, 2.05) is 19.3 Å². The molecule has 1 aromatic heterocycles. The van der Waals surface area contributed by atoms with Crippen LogP contribution in [0.5, 0.6) is 0 Å². The molecule has 0 unspecified atom stereocenters. The van der Waals surface area contributed by atoms with Crippen molar-refractivity contribution in [3.8, 4) is 11.3 Å². The molecule has 2 aromatic rings. The van der Waals surface area contributed by atoms with E-state index in [1.54, 1.807) is 10.7 Å². The molecule has 1 heterocycles. The molecule has 2 rings (SSSR count). The molecule has 0 atom stereocenters. The first-order valence-corrected chi connectivity index (χ1v) is 7.45. The molecule has 1 aromatic carbocycles. The SMILES string of the molecule is CC(C)CNCc1cn(C)nc1-c1ccc(Br)cc1F. The minimum Gasteiger partial charge on any atom is -0.312 e. The molecule has 20 heavy (non-hydrogen) atoms. The average Bonchev–Trinajstić information content (AvgIpc) is 2.70. The molecule has 1 N–H and O–H groups in total. The summed E-state index contributed by atoms with van der Waals surface area (Å²) in [6, 6.07) is 5.06. The second-order valence-electron chi connectivity index (χ2n) is 5.33. The van der Waals surface area contributed by atoms with E-state index in [4.69, 9.17) is 0 Å². The number of nitrogens with zero attached hydrogens (tertiary/aromatic N) is 2. The zero-order chi connectivity index (χ0) is 14.7. The fraction of sp³-hybridized carbons (Fsp3) is 0.400. The summed E-state index contributed by atoms with van der Waals surface area (Å²) in [6.07, 6.45) is 1.93. The fourth-order valence-corrected chi connectivity index (χ4v) is 2.40. The van der Waals surface area contributed by atoms with E-state index in [2.05, 4.69) is 40.2 Å². The molecule has 0 amide bonds.